The number of ether oxygens (including phenoxy) is 2. The number of carbonyl (C=O) groups excluding carboxylic acids is 4. The second-order valence-electron chi connectivity index (χ2n) is 6.85. The second-order valence-corrected chi connectivity index (χ2v) is 6.85. The van der Waals surface area contributed by atoms with Crippen LogP contribution in [-0.4, -0.2) is 54.8 Å². The van der Waals surface area contributed by atoms with E-state index in [0.717, 1.165) is 0 Å². The van der Waals surface area contributed by atoms with E-state index >= 15 is 0 Å². The number of rotatable bonds is 11. The van der Waals surface area contributed by atoms with Crippen molar-refractivity contribution in [1.82, 2.24) is 4.90 Å². The molecule has 2 rings (SSSR count). The Hall–Kier alpha value is -3.68. The van der Waals surface area contributed by atoms with Gasteiger partial charge in [-0.15, -0.1) is 0 Å². The highest BCUT2D eigenvalue weighted by molar-refractivity contribution is 5.97. The Morgan fingerprint density at radius 2 is 1.41 bits per heavy atom. The number of nitrogens with zero attached hydrogens (tertiary/aromatic N) is 1. The van der Waals surface area contributed by atoms with Crippen LogP contribution in [-0.2, 0) is 14.3 Å². The van der Waals surface area contributed by atoms with Gasteiger partial charge in [0, 0.05) is 36.3 Å². The van der Waals surface area contributed by atoms with E-state index in [0.29, 0.717) is 42.1 Å². The van der Waals surface area contributed by atoms with Gasteiger partial charge in [0.25, 0.3) is 11.8 Å². The van der Waals surface area contributed by atoms with E-state index in [1.807, 2.05) is 13.8 Å². The first kappa shape index (κ1) is 24.6. The molecule has 0 saturated carbocycles. The SMILES string of the molecule is CCC(=O)c1ccc(OCC(=O)OCC(=O)Nc2ccc(C(=O)N(CC)CC)cc2)cc1. The first-order chi connectivity index (χ1) is 15.4. The van der Waals surface area contributed by atoms with Gasteiger partial charge in [0.05, 0.1) is 0 Å². The molecule has 2 aromatic rings. The maximum atomic E-state index is 12.3. The first-order valence-electron chi connectivity index (χ1n) is 10.5. The molecule has 170 valence electrons. The molecule has 0 aliphatic carbocycles. The molecule has 0 saturated heterocycles. The van der Waals surface area contributed by atoms with Gasteiger partial charge in [0.1, 0.15) is 5.75 Å². The quantitative estimate of drug-likeness (QED) is 0.425. The minimum absolute atomic E-state index is 0.0205. The fourth-order valence-electron chi connectivity index (χ4n) is 2.86. The highest BCUT2D eigenvalue weighted by atomic mass is 16.6. The third-order valence-corrected chi connectivity index (χ3v) is 4.68. The molecule has 8 heteroatoms. The summed E-state index contributed by atoms with van der Waals surface area (Å²) in [4.78, 5) is 49.4. The summed E-state index contributed by atoms with van der Waals surface area (Å²) in [7, 11) is 0. The number of amides is 2. The van der Waals surface area contributed by atoms with Crippen molar-refractivity contribution < 1.29 is 28.7 Å². The highest BCUT2D eigenvalue weighted by Gasteiger charge is 2.13. The van der Waals surface area contributed by atoms with E-state index in [4.69, 9.17) is 9.47 Å². The van der Waals surface area contributed by atoms with Gasteiger partial charge in [-0.1, -0.05) is 6.92 Å². The molecule has 2 aromatic carbocycles. The van der Waals surface area contributed by atoms with Crippen molar-refractivity contribution in [3.8, 4) is 5.75 Å². The Labute approximate surface area is 187 Å². The zero-order chi connectivity index (χ0) is 23.5. The van der Waals surface area contributed by atoms with Crippen molar-refractivity contribution in [3.05, 3.63) is 59.7 Å². The topological polar surface area (TPSA) is 102 Å². The van der Waals surface area contributed by atoms with E-state index in [1.165, 1.54) is 0 Å². The Morgan fingerprint density at radius 3 is 1.97 bits per heavy atom. The number of esters is 1. The smallest absolute Gasteiger partial charge is 0.344 e. The number of carbonyl (C=O) groups is 4. The predicted octanol–water partition coefficient (Wildman–Crippen LogP) is 3.32. The van der Waals surface area contributed by atoms with Crippen LogP contribution in [0.25, 0.3) is 0 Å². The van der Waals surface area contributed by atoms with Gasteiger partial charge >= 0.3 is 5.97 Å². The molecule has 0 spiro atoms. The molecule has 0 aromatic heterocycles. The minimum atomic E-state index is -0.700. The third kappa shape index (κ3) is 7.23. The zero-order valence-electron chi connectivity index (χ0n) is 18.6. The molecular formula is C24H28N2O6. The lowest BCUT2D eigenvalue weighted by Crippen LogP contribution is -2.30. The van der Waals surface area contributed by atoms with Crippen LogP contribution in [0.4, 0.5) is 5.69 Å². The summed E-state index contributed by atoms with van der Waals surface area (Å²) >= 11 is 0. The summed E-state index contributed by atoms with van der Waals surface area (Å²) < 4.78 is 10.2. The Morgan fingerprint density at radius 1 is 0.812 bits per heavy atom. The van der Waals surface area contributed by atoms with Crippen LogP contribution in [0, 0.1) is 0 Å². The summed E-state index contributed by atoms with van der Waals surface area (Å²) in [6, 6.07) is 12.9. The Kier molecular flexibility index (Phi) is 9.41. The third-order valence-electron chi connectivity index (χ3n) is 4.68. The van der Waals surface area contributed by atoms with Crippen molar-refractivity contribution >= 4 is 29.3 Å². The average Bonchev–Trinajstić information content (AvgIpc) is 2.82. The zero-order valence-corrected chi connectivity index (χ0v) is 18.6. The number of benzene rings is 2. The lowest BCUT2D eigenvalue weighted by Gasteiger charge is -2.18. The molecule has 0 aliphatic rings. The molecule has 32 heavy (non-hydrogen) atoms. The van der Waals surface area contributed by atoms with Gasteiger partial charge in [-0.05, 0) is 62.4 Å². The molecule has 0 bridgehead atoms. The number of nitrogens with one attached hydrogen (secondary N) is 1. The van der Waals surface area contributed by atoms with Crippen LogP contribution < -0.4 is 10.1 Å². The van der Waals surface area contributed by atoms with E-state index in [1.54, 1.807) is 60.4 Å². The van der Waals surface area contributed by atoms with Crippen LogP contribution in [0.2, 0.25) is 0 Å². The number of hydrogen-bond acceptors (Lipinski definition) is 6. The van der Waals surface area contributed by atoms with Crippen molar-refractivity contribution in [2.24, 2.45) is 0 Å². The van der Waals surface area contributed by atoms with Crippen molar-refractivity contribution in [3.63, 3.8) is 0 Å². The van der Waals surface area contributed by atoms with Gasteiger partial charge < -0.3 is 19.7 Å². The number of Topliss-reactive ketones (excluding diaryl/α,β-unsaturated/α-hetero) is 1. The van der Waals surface area contributed by atoms with Gasteiger partial charge in [0.15, 0.2) is 19.0 Å². The molecule has 1 N–H and O–H groups in total. The van der Waals surface area contributed by atoms with Crippen LogP contribution in [0.5, 0.6) is 5.75 Å². The van der Waals surface area contributed by atoms with E-state index in [-0.39, 0.29) is 18.3 Å². The van der Waals surface area contributed by atoms with Gasteiger partial charge in [0.2, 0.25) is 0 Å². The lowest BCUT2D eigenvalue weighted by molar-refractivity contribution is -0.149. The lowest BCUT2D eigenvalue weighted by atomic mass is 10.1. The summed E-state index contributed by atoms with van der Waals surface area (Å²) in [6.07, 6.45) is 0.410. The summed E-state index contributed by atoms with van der Waals surface area (Å²) in [6.45, 7) is 6.01. The molecule has 0 radical (unpaired) electrons. The largest absolute Gasteiger partial charge is 0.482 e. The molecule has 0 fully saturated rings. The van der Waals surface area contributed by atoms with Crippen LogP contribution >= 0.6 is 0 Å². The molecule has 0 unspecified atom stereocenters. The van der Waals surface area contributed by atoms with Crippen LogP contribution in [0.1, 0.15) is 47.9 Å². The Balaban J connectivity index is 1.76. The Bertz CT molecular complexity index is 934. The molecular weight excluding hydrogens is 412 g/mol. The monoisotopic (exact) mass is 440 g/mol. The molecule has 0 heterocycles. The van der Waals surface area contributed by atoms with Crippen molar-refractivity contribution in [1.29, 1.82) is 0 Å². The van der Waals surface area contributed by atoms with E-state index in [9.17, 15) is 19.2 Å². The summed E-state index contributed by atoms with van der Waals surface area (Å²) in [5.74, 6) is -0.850. The maximum Gasteiger partial charge on any atom is 0.344 e. The van der Waals surface area contributed by atoms with Crippen LogP contribution in [0.3, 0.4) is 0 Å². The first-order valence-corrected chi connectivity index (χ1v) is 10.5. The summed E-state index contributed by atoms with van der Waals surface area (Å²) in [5, 5.41) is 2.60. The predicted molar refractivity (Wildman–Crippen MR) is 120 cm³/mol. The number of anilines is 1. The number of hydrogen-bond donors (Lipinski definition) is 1. The van der Waals surface area contributed by atoms with Gasteiger partial charge in [-0.2, -0.15) is 0 Å². The van der Waals surface area contributed by atoms with Crippen molar-refractivity contribution in [2.75, 3.05) is 31.6 Å². The average molecular weight is 440 g/mol. The molecule has 8 nitrogen and oxygen atoms in total. The normalized spacial score (nSPS) is 10.2. The molecule has 0 aliphatic heterocycles. The second kappa shape index (κ2) is 12.2. The minimum Gasteiger partial charge on any atom is -0.482 e. The van der Waals surface area contributed by atoms with E-state index in [2.05, 4.69) is 5.32 Å². The number of ketones is 1. The standard InChI is InChI=1S/C24H28N2O6/c1-4-21(27)17-9-13-20(14-10-17)31-16-23(29)32-15-22(28)25-19-11-7-18(8-12-19)24(30)26(5-2)6-3/h7-14H,4-6,15-16H2,1-3H3,(H,25,28). The van der Waals surface area contributed by atoms with Crippen LogP contribution in [0.15, 0.2) is 48.5 Å². The van der Waals surface area contributed by atoms with Gasteiger partial charge in [-0.25, -0.2) is 4.79 Å². The van der Waals surface area contributed by atoms with Gasteiger partial charge in [-0.3, -0.25) is 14.4 Å². The van der Waals surface area contributed by atoms with E-state index < -0.39 is 18.5 Å². The maximum absolute atomic E-state index is 12.3. The summed E-state index contributed by atoms with van der Waals surface area (Å²) in [5.41, 5.74) is 1.59. The fourth-order valence-corrected chi connectivity index (χ4v) is 2.86. The highest BCUT2D eigenvalue weighted by Crippen LogP contribution is 2.14. The fraction of sp³-hybridized carbons (Fsp3) is 0.333. The molecule has 2 amide bonds. The van der Waals surface area contributed by atoms with Crippen molar-refractivity contribution in [2.45, 2.75) is 27.2 Å². The molecule has 0 atom stereocenters.